The van der Waals surface area contributed by atoms with Gasteiger partial charge < -0.3 is 4.90 Å². The second-order valence-corrected chi connectivity index (χ2v) is 5.45. The van der Waals surface area contributed by atoms with E-state index in [1.807, 2.05) is 23.1 Å². The molecule has 1 aromatic carbocycles. The van der Waals surface area contributed by atoms with E-state index in [1.165, 1.54) is 28.8 Å². The highest BCUT2D eigenvalue weighted by molar-refractivity contribution is 5.49. The van der Waals surface area contributed by atoms with Gasteiger partial charge in [0, 0.05) is 12.4 Å². The highest BCUT2D eigenvalue weighted by atomic mass is 15.3. The van der Waals surface area contributed by atoms with Crippen molar-refractivity contribution in [2.75, 3.05) is 20.6 Å². The van der Waals surface area contributed by atoms with Crippen LogP contribution >= 0.6 is 0 Å². The zero-order chi connectivity index (χ0) is 13.8. The molecule has 0 aliphatic heterocycles. The van der Waals surface area contributed by atoms with Crippen LogP contribution in [0.5, 0.6) is 0 Å². The van der Waals surface area contributed by atoms with Crippen molar-refractivity contribution in [2.45, 2.75) is 26.7 Å². The number of benzene rings is 1. The second-order valence-electron chi connectivity index (χ2n) is 5.45. The van der Waals surface area contributed by atoms with Crippen molar-refractivity contribution in [1.29, 1.82) is 0 Å². The van der Waals surface area contributed by atoms with Crippen LogP contribution in [-0.2, 0) is 6.42 Å². The van der Waals surface area contributed by atoms with Crippen molar-refractivity contribution in [3.63, 3.8) is 0 Å². The van der Waals surface area contributed by atoms with Crippen molar-refractivity contribution < 1.29 is 0 Å². The van der Waals surface area contributed by atoms with Gasteiger partial charge in [-0.2, -0.15) is 5.10 Å². The zero-order valence-electron chi connectivity index (χ0n) is 12.3. The normalized spacial score (nSPS) is 11.2. The van der Waals surface area contributed by atoms with Crippen LogP contribution in [0.3, 0.4) is 0 Å². The lowest BCUT2D eigenvalue weighted by Gasteiger charge is -2.15. The van der Waals surface area contributed by atoms with Gasteiger partial charge in [0.15, 0.2) is 0 Å². The summed E-state index contributed by atoms with van der Waals surface area (Å²) in [6.07, 6.45) is 6.12. The molecule has 0 fully saturated rings. The topological polar surface area (TPSA) is 21.1 Å². The molecule has 102 valence electrons. The molecule has 0 amide bonds. The van der Waals surface area contributed by atoms with Gasteiger partial charge in [-0.3, -0.25) is 0 Å². The summed E-state index contributed by atoms with van der Waals surface area (Å²) >= 11 is 0. The fourth-order valence-corrected chi connectivity index (χ4v) is 2.55. The van der Waals surface area contributed by atoms with Crippen LogP contribution < -0.4 is 0 Å². The van der Waals surface area contributed by atoms with Crippen molar-refractivity contribution >= 4 is 0 Å². The molecule has 2 aromatic rings. The van der Waals surface area contributed by atoms with Crippen LogP contribution in [0.4, 0.5) is 0 Å². The monoisotopic (exact) mass is 257 g/mol. The van der Waals surface area contributed by atoms with E-state index in [0.29, 0.717) is 0 Å². The summed E-state index contributed by atoms with van der Waals surface area (Å²) in [6.45, 7) is 5.44. The molecule has 0 aliphatic carbocycles. The predicted octanol–water partition coefficient (Wildman–Crippen LogP) is 2.98. The van der Waals surface area contributed by atoms with Crippen molar-refractivity contribution in [3.8, 4) is 5.69 Å². The number of aryl methyl sites for hydroxylation is 3. The molecule has 0 saturated carbocycles. The summed E-state index contributed by atoms with van der Waals surface area (Å²) in [4.78, 5) is 2.23. The molecule has 3 nitrogen and oxygen atoms in total. The van der Waals surface area contributed by atoms with Gasteiger partial charge in [-0.1, -0.05) is 17.7 Å². The minimum absolute atomic E-state index is 1.09. The lowest BCUT2D eigenvalue weighted by Crippen LogP contribution is -2.14. The maximum absolute atomic E-state index is 4.39. The Bertz CT molecular complexity index is 527. The quantitative estimate of drug-likeness (QED) is 0.821. The highest BCUT2D eigenvalue weighted by Gasteiger charge is 2.09. The fraction of sp³-hybridized carbons (Fsp3) is 0.438. The lowest BCUT2D eigenvalue weighted by molar-refractivity contribution is 0.400. The summed E-state index contributed by atoms with van der Waals surface area (Å²) in [5, 5.41) is 4.39. The third-order valence-electron chi connectivity index (χ3n) is 3.31. The highest BCUT2D eigenvalue weighted by Crippen LogP contribution is 2.22. The Morgan fingerprint density at radius 3 is 2.63 bits per heavy atom. The van der Waals surface area contributed by atoms with E-state index in [4.69, 9.17) is 0 Å². The minimum Gasteiger partial charge on any atom is -0.309 e. The third kappa shape index (κ3) is 3.44. The molecule has 19 heavy (non-hydrogen) atoms. The van der Waals surface area contributed by atoms with Gasteiger partial charge in [0.05, 0.1) is 5.69 Å². The molecule has 1 aromatic heterocycles. The SMILES string of the molecule is Cc1cc(C)c(-n2cccn2)c(CCCN(C)C)c1. The first-order chi connectivity index (χ1) is 9.08. The van der Waals surface area contributed by atoms with E-state index in [2.05, 4.69) is 50.1 Å². The maximum atomic E-state index is 4.39. The molecule has 0 saturated heterocycles. The molecule has 3 heteroatoms. The molecule has 2 rings (SSSR count). The zero-order valence-corrected chi connectivity index (χ0v) is 12.3. The standard InChI is InChI=1S/C16H23N3/c1-13-11-14(2)16(19-10-6-8-17-19)15(12-13)7-5-9-18(3)4/h6,8,10-12H,5,7,9H2,1-4H3. The summed E-state index contributed by atoms with van der Waals surface area (Å²) in [6, 6.07) is 6.50. The van der Waals surface area contributed by atoms with Crippen molar-refractivity contribution in [3.05, 3.63) is 47.3 Å². The van der Waals surface area contributed by atoms with Crippen molar-refractivity contribution in [1.82, 2.24) is 14.7 Å². The maximum Gasteiger partial charge on any atom is 0.0706 e. The summed E-state index contributed by atoms with van der Waals surface area (Å²) in [5.41, 5.74) is 5.26. The number of nitrogens with zero attached hydrogens (tertiary/aromatic N) is 3. The van der Waals surface area contributed by atoms with E-state index in [0.717, 1.165) is 13.0 Å². The number of hydrogen-bond donors (Lipinski definition) is 0. The van der Waals surface area contributed by atoms with Crippen LogP contribution in [0.1, 0.15) is 23.1 Å². The Balaban J connectivity index is 2.30. The first-order valence-corrected chi connectivity index (χ1v) is 6.83. The molecule has 0 bridgehead atoms. The smallest absolute Gasteiger partial charge is 0.0706 e. The van der Waals surface area contributed by atoms with Gasteiger partial charge in [0.2, 0.25) is 0 Å². The molecular formula is C16H23N3. The van der Waals surface area contributed by atoms with E-state index in [9.17, 15) is 0 Å². The molecule has 1 heterocycles. The van der Waals surface area contributed by atoms with Crippen LogP contribution in [0.15, 0.2) is 30.6 Å². The number of rotatable bonds is 5. The molecule has 0 unspecified atom stereocenters. The Labute approximate surface area is 115 Å². The second kappa shape index (κ2) is 6.02. The van der Waals surface area contributed by atoms with Gasteiger partial charge in [-0.15, -0.1) is 0 Å². The van der Waals surface area contributed by atoms with E-state index in [-0.39, 0.29) is 0 Å². The average molecular weight is 257 g/mol. The Hall–Kier alpha value is -1.61. The average Bonchev–Trinajstić information content (AvgIpc) is 2.81. The molecule has 0 atom stereocenters. The van der Waals surface area contributed by atoms with E-state index >= 15 is 0 Å². The lowest BCUT2D eigenvalue weighted by atomic mass is 10.0. The number of aromatic nitrogens is 2. The first-order valence-electron chi connectivity index (χ1n) is 6.83. The molecular weight excluding hydrogens is 234 g/mol. The van der Waals surface area contributed by atoms with E-state index in [1.54, 1.807) is 0 Å². The summed E-state index contributed by atoms with van der Waals surface area (Å²) < 4.78 is 1.99. The van der Waals surface area contributed by atoms with Crippen molar-refractivity contribution in [2.24, 2.45) is 0 Å². The fourth-order valence-electron chi connectivity index (χ4n) is 2.55. The minimum atomic E-state index is 1.09. The first kappa shape index (κ1) is 13.8. The molecule has 0 N–H and O–H groups in total. The molecule has 0 aliphatic rings. The van der Waals surface area contributed by atoms with Gasteiger partial charge in [0.25, 0.3) is 0 Å². The summed E-state index contributed by atoms with van der Waals surface area (Å²) in [7, 11) is 4.24. The van der Waals surface area contributed by atoms with Gasteiger partial charge in [0.1, 0.15) is 0 Å². The van der Waals surface area contributed by atoms with Crippen LogP contribution in [0.25, 0.3) is 5.69 Å². The largest absolute Gasteiger partial charge is 0.309 e. The van der Waals surface area contributed by atoms with E-state index < -0.39 is 0 Å². The van der Waals surface area contributed by atoms with Crippen LogP contribution in [0.2, 0.25) is 0 Å². The Morgan fingerprint density at radius 2 is 2.00 bits per heavy atom. The Kier molecular flexibility index (Phi) is 4.38. The Morgan fingerprint density at radius 1 is 1.21 bits per heavy atom. The van der Waals surface area contributed by atoms with Crippen LogP contribution in [0, 0.1) is 13.8 Å². The molecule has 0 spiro atoms. The van der Waals surface area contributed by atoms with Gasteiger partial charge in [-0.05, 0) is 64.5 Å². The predicted molar refractivity (Wildman–Crippen MR) is 79.9 cm³/mol. The molecule has 0 radical (unpaired) electrons. The van der Waals surface area contributed by atoms with Gasteiger partial charge in [-0.25, -0.2) is 4.68 Å². The summed E-state index contributed by atoms with van der Waals surface area (Å²) in [5.74, 6) is 0. The number of hydrogen-bond acceptors (Lipinski definition) is 2. The van der Waals surface area contributed by atoms with Gasteiger partial charge >= 0.3 is 0 Å². The van der Waals surface area contributed by atoms with Crippen LogP contribution in [-0.4, -0.2) is 35.3 Å². The third-order valence-corrected chi connectivity index (χ3v) is 3.31.